The summed E-state index contributed by atoms with van der Waals surface area (Å²) in [5.74, 6) is -0.0982. The van der Waals surface area contributed by atoms with Gasteiger partial charge in [-0.25, -0.2) is 4.68 Å². The lowest BCUT2D eigenvalue weighted by molar-refractivity contribution is -0.130. The van der Waals surface area contributed by atoms with Crippen molar-refractivity contribution < 1.29 is 4.79 Å². The number of hydrogen-bond acceptors (Lipinski definition) is 3. The van der Waals surface area contributed by atoms with Gasteiger partial charge in [-0.1, -0.05) is 13.3 Å². The first-order valence-electron chi connectivity index (χ1n) is 6.40. The summed E-state index contributed by atoms with van der Waals surface area (Å²) in [5, 5.41) is 4.00. The predicted octanol–water partition coefficient (Wildman–Crippen LogP) is 0.754. The second-order valence-electron chi connectivity index (χ2n) is 4.56. The van der Waals surface area contributed by atoms with Crippen molar-refractivity contribution in [3.05, 3.63) is 35.0 Å². The van der Waals surface area contributed by atoms with E-state index in [9.17, 15) is 9.59 Å². The summed E-state index contributed by atoms with van der Waals surface area (Å²) in [7, 11) is 1.75. The van der Waals surface area contributed by atoms with Gasteiger partial charge in [-0.3, -0.25) is 9.59 Å². The van der Waals surface area contributed by atoms with Crippen molar-refractivity contribution in [1.29, 1.82) is 0 Å². The molecule has 0 aliphatic heterocycles. The van der Waals surface area contributed by atoms with Crippen LogP contribution in [-0.4, -0.2) is 38.6 Å². The van der Waals surface area contributed by atoms with Gasteiger partial charge < -0.3 is 9.30 Å². The number of aromatic nitrogens is 3. The number of amides is 1. The van der Waals surface area contributed by atoms with Gasteiger partial charge in [0.2, 0.25) is 5.91 Å². The Morgan fingerprint density at radius 2 is 2.26 bits per heavy atom. The molecule has 0 bridgehead atoms. The lowest BCUT2D eigenvalue weighted by atomic mass is 10.3. The first-order chi connectivity index (χ1) is 9.13. The quantitative estimate of drug-likeness (QED) is 0.799. The lowest BCUT2D eigenvalue weighted by Gasteiger charge is -2.16. The van der Waals surface area contributed by atoms with Crippen LogP contribution < -0.4 is 5.56 Å². The van der Waals surface area contributed by atoms with Gasteiger partial charge in [0.15, 0.2) is 0 Å². The van der Waals surface area contributed by atoms with Crippen molar-refractivity contribution in [2.45, 2.75) is 26.3 Å². The molecule has 0 radical (unpaired) electrons. The van der Waals surface area contributed by atoms with Crippen molar-refractivity contribution in [2.75, 3.05) is 13.6 Å². The SMILES string of the molecule is CCCCN(C)C(=O)Cn1ncn2cccc2c1=O. The van der Waals surface area contributed by atoms with Crippen LogP contribution in [0.25, 0.3) is 5.52 Å². The van der Waals surface area contributed by atoms with E-state index < -0.39 is 0 Å². The molecule has 0 aromatic carbocycles. The van der Waals surface area contributed by atoms with Crippen LogP contribution >= 0.6 is 0 Å². The third-order valence-electron chi connectivity index (χ3n) is 3.11. The van der Waals surface area contributed by atoms with Gasteiger partial charge in [-0.05, 0) is 18.6 Å². The monoisotopic (exact) mass is 262 g/mol. The summed E-state index contributed by atoms with van der Waals surface area (Å²) in [4.78, 5) is 25.7. The molecule has 0 aliphatic rings. The average molecular weight is 262 g/mol. The van der Waals surface area contributed by atoms with E-state index in [4.69, 9.17) is 0 Å². The van der Waals surface area contributed by atoms with Gasteiger partial charge in [0.05, 0.1) is 0 Å². The van der Waals surface area contributed by atoms with E-state index in [1.165, 1.54) is 11.0 Å². The van der Waals surface area contributed by atoms with Crippen LogP contribution in [0.15, 0.2) is 29.5 Å². The molecular weight excluding hydrogens is 244 g/mol. The Morgan fingerprint density at radius 3 is 3.00 bits per heavy atom. The van der Waals surface area contributed by atoms with Crippen LogP contribution in [0.2, 0.25) is 0 Å². The molecule has 0 fully saturated rings. The molecule has 0 N–H and O–H groups in total. The van der Waals surface area contributed by atoms with E-state index in [0.717, 1.165) is 12.8 Å². The minimum absolute atomic E-state index is 0.0132. The molecule has 0 saturated heterocycles. The van der Waals surface area contributed by atoms with E-state index in [0.29, 0.717) is 12.1 Å². The number of likely N-dealkylation sites (N-methyl/N-ethyl adjacent to an activating group) is 1. The van der Waals surface area contributed by atoms with E-state index in [2.05, 4.69) is 12.0 Å². The fourth-order valence-corrected chi connectivity index (χ4v) is 1.86. The standard InChI is InChI=1S/C13H18N4O2/c1-3-4-7-15(2)12(18)9-17-13(19)11-6-5-8-16(11)10-14-17/h5-6,8,10H,3-4,7,9H2,1-2H3. The van der Waals surface area contributed by atoms with E-state index in [1.807, 2.05) is 0 Å². The Labute approximate surface area is 111 Å². The Hall–Kier alpha value is -2.11. The molecule has 2 aromatic heterocycles. The molecule has 6 nitrogen and oxygen atoms in total. The van der Waals surface area contributed by atoms with Gasteiger partial charge >= 0.3 is 0 Å². The number of fused-ring (bicyclic) bond motifs is 1. The largest absolute Gasteiger partial charge is 0.344 e. The maximum atomic E-state index is 12.1. The summed E-state index contributed by atoms with van der Waals surface area (Å²) < 4.78 is 2.85. The minimum Gasteiger partial charge on any atom is -0.344 e. The smallest absolute Gasteiger partial charge is 0.291 e. The summed E-state index contributed by atoms with van der Waals surface area (Å²) >= 11 is 0. The first-order valence-corrected chi connectivity index (χ1v) is 6.40. The number of nitrogens with zero attached hydrogens (tertiary/aromatic N) is 4. The molecule has 2 aromatic rings. The molecule has 0 aliphatic carbocycles. The number of hydrogen-bond donors (Lipinski definition) is 0. The van der Waals surface area contributed by atoms with Crippen LogP contribution in [-0.2, 0) is 11.3 Å². The highest BCUT2D eigenvalue weighted by molar-refractivity contribution is 5.75. The fraction of sp³-hybridized carbons (Fsp3) is 0.462. The highest BCUT2D eigenvalue weighted by Gasteiger charge is 2.12. The molecule has 0 spiro atoms. The Balaban J connectivity index is 2.15. The van der Waals surface area contributed by atoms with Crippen molar-refractivity contribution in [3.63, 3.8) is 0 Å². The average Bonchev–Trinajstić information content (AvgIpc) is 2.88. The molecule has 1 amide bonds. The molecule has 0 atom stereocenters. The summed E-state index contributed by atoms with van der Waals surface area (Å²) in [6.45, 7) is 2.77. The first kappa shape index (κ1) is 13.3. The predicted molar refractivity (Wildman–Crippen MR) is 72.0 cm³/mol. The van der Waals surface area contributed by atoms with Crippen molar-refractivity contribution in [1.82, 2.24) is 19.1 Å². The Bertz CT molecular complexity index is 629. The van der Waals surface area contributed by atoms with Gasteiger partial charge in [-0.15, -0.1) is 0 Å². The summed E-state index contributed by atoms with van der Waals surface area (Å²) in [5.41, 5.74) is 0.281. The lowest BCUT2D eigenvalue weighted by Crippen LogP contribution is -2.35. The second-order valence-corrected chi connectivity index (χ2v) is 4.56. The maximum Gasteiger partial charge on any atom is 0.291 e. The van der Waals surface area contributed by atoms with Gasteiger partial charge in [0, 0.05) is 19.8 Å². The molecule has 102 valence electrons. The number of carbonyl (C=O) groups is 1. The molecule has 19 heavy (non-hydrogen) atoms. The van der Waals surface area contributed by atoms with Crippen LogP contribution in [0.4, 0.5) is 0 Å². The second kappa shape index (κ2) is 5.69. The zero-order chi connectivity index (χ0) is 13.8. The zero-order valence-electron chi connectivity index (χ0n) is 11.2. The van der Waals surface area contributed by atoms with Crippen LogP contribution in [0.3, 0.4) is 0 Å². The highest BCUT2D eigenvalue weighted by Crippen LogP contribution is 1.97. The third-order valence-corrected chi connectivity index (χ3v) is 3.11. The number of unbranched alkanes of at least 4 members (excludes halogenated alkanes) is 1. The molecule has 2 heterocycles. The number of rotatable bonds is 5. The molecule has 0 unspecified atom stereocenters. The molecule has 0 saturated carbocycles. The molecule has 2 rings (SSSR count). The van der Waals surface area contributed by atoms with Crippen molar-refractivity contribution in [2.24, 2.45) is 0 Å². The van der Waals surface area contributed by atoms with Crippen LogP contribution in [0.5, 0.6) is 0 Å². The molecular formula is C13H18N4O2. The minimum atomic E-state index is -0.246. The van der Waals surface area contributed by atoms with Crippen molar-refractivity contribution in [3.8, 4) is 0 Å². The normalized spacial score (nSPS) is 10.8. The third kappa shape index (κ3) is 2.83. The molecule has 6 heteroatoms. The Kier molecular flexibility index (Phi) is 3.99. The topological polar surface area (TPSA) is 59.6 Å². The van der Waals surface area contributed by atoms with E-state index in [1.54, 1.807) is 34.7 Å². The zero-order valence-corrected chi connectivity index (χ0v) is 11.2. The van der Waals surface area contributed by atoms with Gasteiger partial charge in [-0.2, -0.15) is 5.10 Å². The maximum absolute atomic E-state index is 12.1. The van der Waals surface area contributed by atoms with Gasteiger partial charge in [0.1, 0.15) is 18.4 Å². The fourth-order valence-electron chi connectivity index (χ4n) is 1.86. The Morgan fingerprint density at radius 1 is 1.47 bits per heavy atom. The highest BCUT2D eigenvalue weighted by atomic mass is 16.2. The summed E-state index contributed by atoms with van der Waals surface area (Å²) in [6, 6.07) is 3.49. The summed E-state index contributed by atoms with van der Waals surface area (Å²) in [6.07, 6.45) is 5.29. The van der Waals surface area contributed by atoms with E-state index >= 15 is 0 Å². The van der Waals surface area contributed by atoms with Crippen LogP contribution in [0.1, 0.15) is 19.8 Å². The number of carbonyl (C=O) groups excluding carboxylic acids is 1. The van der Waals surface area contributed by atoms with E-state index in [-0.39, 0.29) is 18.0 Å². The van der Waals surface area contributed by atoms with Crippen molar-refractivity contribution >= 4 is 11.4 Å². The van der Waals surface area contributed by atoms with Crippen LogP contribution in [0, 0.1) is 0 Å². The van der Waals surface area contributed by atoms with Gasteiger partial charge in [0.25, 0.3) is 5.56 Å².